The van der Waals surface area contributed by atoms with Crippen LogP contribution >= 0.6 is 0 Å². The number of ether oxygens (including phenoxy) is 2. The molecule has 1 aromatic rings. The van der Waals surface area contributed by atoms with E-state index in [2.05, 4.69) is 20.6 Å². The monoisotopic (exact) mass is 254 g/mol. The Morgan fingerprint density at radius 2 is 1.89 bits per heavy atom. The summed E-state index contributed by atoms with van der Waals surface area (Å²) < 4.78 is 10.1. The Labute approximate surface area is 106 Å². The van der Waals surface area contributed by atoms with Gasteiger partial charge < -0.3 is 20.1 Å². The van der Waals surface area contributed by atoms with E-state index >= 15 is 0 Å². The predicted molar refractivity (Wildman–Crippen MR) is 66.0 cm³/mol. The van der Waals surface area contributed by atoms with E-state index in [9.17, 15) is 4.79 Å². The Bertz CT molecular complexity index is 389. The number of hydrogen-bond donors (Lipinski definition) is 2. The predicted octanol–water partition coefficient (Wildman–Crippen LogP) is -0.168. The molecule has 0 aliphatic rings. The van der Waals surface area contributed by atoms with Crippen LogP contribution in [-0.4, -0.2) is 49.7 Å². The van der Waals surface area contributed by atoms with E-state index in [4.69, 9.17) is 9.47 Å². The first-order valence-corrected chi connectivity index (χ1v) is 5.52. The van der Waals surface area contributed by atoms with E-state index in [-0.39, 0.29) is 29.3 Å². The second-order valence-corrected chi connectivity index (χ2v) is 3.67. The van der Waals surface area contributed by atoms with Gasteiger partial charge in [0.25, 0.3) is 5.91 Å². The zero-order chi connectivity index (χ0) is 13.5. The lowest BCUT2D eigenvalue weighted by Crippen LogP contribution is -2.37. The van der Waals surface area contributed by atoms with Gasteiger partial charge in [0, 0.05) is 12.6 Å². The minimum absolute atomic E-state index is 0.163. The third-order valence-electron chi connectivity index (χ3n) is 2.45. The van der Waals surface area contributed by atoms with Crippen molar-refractivity contribution in [1.29, 1.82) is 0 Å². The van der Waals surface area contributed by atoms with E-state index in [0.717, 1.165) is 0 Å². The van der Waals surface area contributed by atoms with Crippen molar-refractivity contribution >= 4 is 5.91 Å². The van der Waals surface area contributed by atoms with Gasteiger partial charge in [0.15, 0.2) is 5.56 Å². The van der Waals surface area contributed by atoms with Crippen molar-refractivity contribution in [3.63, 3.8) is 0 Å². The molecule has 1 atom stereocenters. The average Bonchev–Trinajstić information content (AvgIpc) is 2.43. The van der Waals surface area contributed by atoms with Gasteiger partial charge in [-0.15, -0.1) is 0 Å². The molecule has 2 N–H and O–H groups in total. The van der Waals surface area contributed by atoms with Gasteiger partial charge in [-0.25, -0.2) is 9.97 Å². The second kappa shape index (κ2) is 6.75. The van der Waals surface area contributed by atoms with Crippen molar-refractivity contribution in [2.45, 2.75) is 13.0 Å². The molecule has 0 aliphatic heterocycles. The molecule has 0 saturated carbocycles. The number of nitrogens with one attached hydrogen (secondary N) is 2. The fourth-order valence-electron chi connectivity index (χ4n) is 1.29. The fourth-order valence-corrected chi connectivity index (χ4v) is 1.29. The van der Waals surface area contributed by atoms with Crippen LogP contribution < -0.4 is 20.1 Å². The van der Waals surface area contributed by atoms with Gasteiger partial charge in [-0.3, -0.25) is 4.79 Å². The van der Waals surface area contributed by atoms with Gasteiger partial charge in [-0.1, -0.05) is 0 Å². The van der Waals surface area contributed by atoms with E-state index in [1.807, 2.05) is 14.0 Å². The molecule has 0 spiro atoms. The summed E-state index contributed by atoms with van der Waals surface area (Å²) in [5.74, 6) is 0.0549. The molecular weight excluding hydrogens is 236 g/mol. The Morgan fingerprint density at radius 3 is 2.33 bits per heavy atom. The Morgan fingerprint density at radius 1 is 1.33 bits per heavy atom. The number of carbonyl (C=O) groups is 1. The SMILES string of the molecule is CNC(C)CNC(=O)c1c(OC)ncnc1OC. The van der Waals surface area contributed by atoms with Crippen LogP contribution in [0.2, 0.25) is 0 Å². The third kappa shape index (κ3) is 3.30. The average molecular weight is 254 g/mol. The zero-order valence-electron chi connectivity index (χ0n) is 11.0. The van der Waals surface area contributed by atoms with Crippen LogP contribution in [0.1, 0.15) is 17.3 Å². The summed E-state index contributed by atoms with van der Waals surface area (Å²) in [6, 6.07) is 0.163. The van der Waals surface area contributed by atoms with Gasteiger partial charge in [0.1, 0.15) is 6.33 Å². The molecule has 1 amide bonds. The zero-order valence-corrected chi connectivity index (χ0v) is 11.0. The molecule has 7 heteroatoms. The maximum atomic E-state index is 12.0. The number of rotatable bonds is 6. The summed E-state index contributed by atoms with van der Waals surface area (Å²) >= 11 is 0. The first-order chi connectivity index (χ1) is 8.63. The molecule has 0 fully saturated rings. The number of methoxy groups -OCH3 is 2. The summed E-state index contributed by atoms with van der Waals surface area (Å²) in [7, 11) is 4.70. The number of hydrogen-bond acceptors (Lipinski definition) is 6. The minimum atomic E-state index is -0.327. The quantitative estimate of drug-likeness (QED) is 0.733. The molecule has 0 radical (unpaired) electrons. The van der Waals surface area contributed by atoms with Crippen molar-refractivity contribution < 1.29 is 14.3 Å². The van der Waals surface area contributed by atoms with Crippen LogP contribution in [0.3, 0.4) is 0 Å². The van der Waals surface area contributed by atoms with E-state index < -0.39 is 0 Å². The molecule has 1 aromatic heterocycles. The summed E-state index contributed by atoms with van der Waals surface area (Å²) in [5.41, 5.74) is 0.200. The Kier molecular flexibility index (Phi) is 5.31. The van der Waals surface area contributed by atoms with E-state index in [1.54, 1.807) is 0 Å². The lowest BCUT2D eigenvalue weighted by molar-refractivity contribution is 0.0942. The summed E-state index contributed by atoms with van der Waals surface area (Å²) in [4.78, 5) is 19.8. The van der Waals surface area contributed by atoms with Crippen molar-refractivity contribution in [1.82, 2.24) is 20.6 Å². The highest BCUT2D eigenvalue weighted by Gasteiger charge is 2.20. The normalized spacial score (nSPS) is 11.8. The Balaban J connectivity index is 2.89. The van der Waals surface area contributed by atoms with E-state index in [1.165, 1.54) is 20.5 Å². The Hall–Kier alpha value is -1.89. The van der Waals surface area contributed by atoms with Crippen molar-refractivity contribution in [3.05, 3.63) is 11.9 Å². The largest absolute Gasteiger partial charge is 0.480 e. The van der Waals surface area contributed by atoms with Crippen LogP contribution in [0.15, 0.2) is 6.33 Å². The van der Waals surface area contributed by atoms with Crippen LogP contribution in [0.25, 0.3) is 0 Å². The number of likely N-dealkylation sites (N-methyl/N-ethyl adjacent to an activating group) is 1. The highest BCUT2D eigenvalue weighted by Crippen LogP contribution is 2.22. The van der Waals surface area contributed by atoms with E-state index in [0.29, 0.717) is 6.54 Å². The third-order valence-corrected chi connectivity index (χ3v) is 2.45. The number of nitrogens with zero attached hydrogens (tertiary/aromatic N) is 2. The summed E-state index contributed by atoms with van der Waals surface area (Å²) in [6.07, 6.45) is 1.28. The first-order valence-electron chi connectivity index (χ1n) is 5.52. The lowest BCUT2D eigenvalue weighted by atomic mass is 10.2. The lowest BCUT2D eigenvalue weighted by Gasteiger charge is -2.13. The molecule has 1 unspecified atom stereocenters. The van der Waals surface area contributed by atoms with Gasteiger partial charge in [-0.2, -0.15) is 0 Å². The number of aromatic nitrogens is 2. The van der Waals surface area contributed by atoms with Gasteiger partial charge in [-0.05, 0) is 14.0 Å². The molecule has 0 saturated heterocycles. The first kappa shape index (κ1) is 14.2. The highest BCUT2D eigenvalue weighted by molar-refractivity contribution is 5.98. The smallest absolute Gasteiger partial charge is 0.262 e. The fraction of sp³-hybridized carbons (Fsp3) is 0.545. The number of carbonyl (C=O) groups excluding carboxylic acids is 1. The molecule has 1 heterocycles. The molecule has 0 aliphatic carbocycles. The number of amides is 1. The van der Waals surface area contributed by atoms with Gasteiger partial charge >= 0.3 is 0 Å². The highest BCUT2D eigenvalue weighted by atomic mass is 16.5. The van der Waals surface area contributed by atoms with Crippen molar-refractivity contribution in [3.8, 4) is 11.8 Å². The topological polar surface area (TPSA) is 85.4 Å². The summed E-state index contributed by atoms with van der Waals surface area (Å²) in [6.45, 7) is 2.44. The molecule has 1 rings (SSSR count). The van der Waals surface area contributed by atoms with Gasteiger partial charge in [0.2, 0.25) is 11.8 Å². The molecule has 100 valence electrons. The van der Waals surface area contributed by atoms with Crippen molar-refractivity contribution in [2.75, 3.05) is 27.8 Å². The maximum Gasteiger partial charge on any atom is 0.262 e. The molecule has 0 bridgehead atoms. The second-order valence-electron chi connectivity index (χ2n) is 3.67. The molecular formula is C11H18N4O3. The maximum absolute atomic E-state index is 12.0. The molecule has 7 nitrogen and oxygen atoms in total. The van der Waals surface area contributed by atoms with Crippen LogP contribution in [0.5, 0.6) is 11.8 Å². The van der Waals surface area contributed by atoms with Crippen molar-refractivity contribution in [2.24, 2.45) is 0 Å². The molecule has 0 aromatic carbocycles. The molecule has 18 heavy (non-hydrogen) atoms. The van der Waals surface area contributed by atoms with Crippen LogP contribution in [0, 0.1) is 0 Å². The van der Waals surface area contributed by atoms with Gasteiger partial charge in [0.05, 0.1) is 14.2 Å². The van der Waals surface area contributed by atoms with Crippen LogP contribution in [-0.2, 0) is 0 Å². The van der Waals surface area contributed by atoms with Crippen LogP contribution in [0.4, 0.5) is 0 Å². The summed E-state index contributed by atoms with van der Waals surface area (Å²) in [5, 5.41) is 5.78. The minimum Gasteiger partial charge on any atom is -0.480 e. The standard InChI is InChI=1S/C11H18N4O3/c1-7(12-2)5-13-9(16)8-10(17-3)14-6-15-11(8)18-4/h6-7,12H,5H2,1-4H3,(H,13,16).